The number of fused-ring (bicyclic) bond motifs is 1. The average molecular weight is 456 g/mol. The Morgan fingerprint density at radius 3 is 2.50 bits per heavy atom. The van der Waals surface area contributed by atoms with Crippen LogP contribution in [0.3, 0.4) is 0 Å². The molecule has 3 aromatic carbocycles. The molecular formula is C29H33N3O2. The molecule has 1 heterocycles. The van der Waals surface area contributed by atoms with Gasteiger partial charge in [0.05, 0.1) is 24.1 Å². The summed E-state index contributed by atoms with van der Waals surface area (Å²) in [5.41, 5.74) is 7.15. The van der Waals surface area contributed by atoms with Gasteiger partial charge in [-0.15, -0.1) is 0 Å². The van der Waals surface area contributed by atoms with E-state index in [1.54, 1.807) is 0 Å². The Balaban J connectivity index is 1.52. The molecule has 1 aromatic heterocycles. The van der Waals surface area contributed by atoms with Crippen LogP contribution < -0.4 is 10.1 Å². The van der Waals surface area contributed by atoms with Crippen LogP contribution in [0, 0.1) is 20.8 Å². The minimum absolute atomic E-state index is 0.0892. The molecule has 0 atom stereocenters. The van der Waals surface area contributed by atoms with Gasteiger partial charge in [-0.25, -0.2) is 4.98 Å². The van der Waals surface area contributed by atoms with Crippen LogP contribution in [-0.4, -0.2) is 22.1 Å². The number of hydrogen-bond acceptors (Lipinski definition) is 3. The Morgan fingerprint density at radius 1 is 1.00 bits per heavy atom. The zero-order chi connectivity index (χ0) is 24.2. The van der Waals surface area contributed by atoms with Crippen LogP contribution in [0.25, 0.3) is 11.0 Å². The molecule has 5 heteroatoms. The van der Waals surface area contributed by atoms with Crippen molar-refractivity contribution in [1.29, 1.82) is 0 Å². The van der Waals surface area contributed by atoms with Gasteiger partial charge in [0, 0.05) is 5.56 Å². The smallest absolute Gasteiger partial charge is 0.251 e. The van der Waals surface area contributed by atoms with Crippen molar-refractivity contribution in [2.24, 2.45) is 0 Å². The molecule has 0 aliphatic carbocycles. The lowest BCUT2D eigenvalue weighted by Gasteiger charge is -2.16. The molecule has 34 heavy (non-hydrogen) atoms. The van der Waals surface area contributed by atoms with Crippen molar-refractivity contribution >= 4 is 16.9 Å². The number of rotatable bonds is 8. The lowest BCUT2D eigenvalue weighted by Crippen LogP contribution is -2.26. The van der Waals surface area contributed by atoms with E-state index in [4.69, 9.17) is 9.72 Å². The standard InChI is InChI=1S/C29H33N3O2/c1-19(2)23-12-10-21(4)17-27(23)34-15-14-32-26-9-7-6-8-25(26)31-28(32)18-30-29(33)24-13-11-20(3)16-22(24)5/h6-13,16-17,19H,14-15,18H2,1-5H3,(H,30,33). The van der Waals surface area contributed by atoms with Gasteiger partial charge in [-0.05, 0) is 67.6 Å². The van der Waals surface area contributed by atoms with E-state index in [9.17, 15) is 4.79 Å². The maximum absolute atomic E-state index is 12.8. The zero-order valence-electron chi connectivity index (χ0n) is 20.7. The van der Waals surface area contributed by atoms with Crippen molar-refractivity contribution in [3.8, 4) is 5.75 Å². The minimum atomic E-state index is -0.0892. The Labute approximate surface area is 201 Å². The van der Waals surface area contributed by atoms with Crippen molar-refractivity contribution in [3.63, 3.8) is 0 Å². The van der Waals surface area contributed by atoms with Crippen LogP contribution >= 0.6 is 0 Å². The van der Waals surface area contributed by atoms with E-state index >= 15 is 0 Å². The molecule has 176 valence electrons. The summed E-state index contributed by atoms with van der Waals surface area (Å²) < 4.78 is 8.38. The molecule has 4 rings (SSSR count). The van der Waals surface area contributed by atoms with Crippen LogP contribution in [0.2, 0.25) is 0 Å². The molecule has 1 amide bonds. The highest BCUT2D eigenvalue weighted by Gasteiger charge is 2.14. The fourth-order valence-corrected chi connectivity index (χ4v) is 4.32. The zero-order valence-corrected chi connectivity index (χ0v) is 20.7. The number of carbonyl (C=O) groups excluding carboxylic acids is 1. The molecule has 4 aromatic rings. The third-order valence-electron chi connectivity index (χ3n) is 6.13. The van der Waals surface area contributed by atoms with Crippen LogP contribution in [-0.2, 0) is 13.1 Å². The van der Waals surface area contributed by atoms with Gasteiger partial charge in [-0.3, -0.25) is 4.79 Å². The number of para-hydroxylation sites is 2. The van der Waals surface area contributed by atoms with Gasteiger partial charge in [-0.1, -0.05) is 55.8 Å². The number of nitrogens with zero attached hydrogens (tertiary/aromatic N) is 2. The molecule has 0 aliphatic rings. The first-order valence-electron chi connectivity index (χ1n) is 11.9. The van der Waals surface area contributed by atoms with Crippen molar-refractivity contribution < 1.29 is 9.53 Å². The molecule has 0 spiro atoms. The number of aromatic nitrogens is 2. The molecule has 0 unspecified atom stereocenters. The summed E-state index contributed by atoms with van der Waals surface area (Å²) in [7, 11) is 0. The van der Waals surface area contributed by atoms with E-state index in [1.165, 1.54) is 11.1 Å². The van der Waals surface area contributed by atoms with E-state index in [0.717, 1.165) is 33.7 Å². The van der Waals surface area contributed by atoms with Gasteiger partial charge in [0.2, 0.25) is 0 Å². The maximum Gasteiger partial charge on any atom is 0.251 e. The highest BCUT2D eigenvalue weighted by Crippen LogP contribution is 2.27. The van der Waals surface area contributed by atoms with Gasteiger partial charge >= 0.3 is 0 Å². The SMILES string of the molecule is Cc1ccc(C(=O)NCc2nc3ccccc3n2CCOc2cc(C)ccc2C(C)C)c(C)c1. The van der Waals surface area contributed by atoms with Crippen LogP contribution in [0.4, 0.5) is 0 Å². The predicted molar refractivity (Wildman–Crippen MR) is 138 cm³/mol. The fraction of sp³-hybridized carbons (Fsp3) is 0.310. The number of aryl methyl sites for hydroxylation is 3. The Hall–Kier alpha value is -3.60. The summed E-state index contributed by atoms with van der Waals surface area (Å²) in [6.45, 7) is 11.9. The molecule has 0 saturated heterocycles. The molecule has 5 nitrogen and oxygen atoms in total. The van der Waals surface area contributed by atoms with E-state index in [0.29, 0.717) is 31.2 Å². The Morgan fingerprint density at radius 2 is 1.74 bits per heavy atom. The lowest BCUT2D eigenvalue weighted by molar-refractivity contribution is 0.0949. The number of carbonyl (C=O) groups is 1. The van der Waals surface area contributed by atoms with Crippen LogP contribution in [0.15, 0.2) is 60.7 Å². The summed E-state index contributed by atoms with van der Waals surface area (Å²) in [4.78, 5) is 17.6. The number of imidazole rings is 1. The number of nitrogens with one attached hydrogen (secondary N) is 1. The van der Waals surface area contributed by atoms with E-state index in [1.807, 2.05) is 50.2 Å². The van der Waals surface area contributed by atoms with Gasteiger partial charge < -0.3 is 14.6 Å². The largest absolute Gasteiger partial charge is 0.491 e. The van der Waals surface area contributed by atoms with Crippen molar-refractivity contribution in [1.82, 2.24) is 14.9 Å². The third-order valence-corrected chi connectivity index (χ3v) is 6.13. The number of amides is 1. The van der Waals surface area contributed by atoms with Crippen molar-refractivity contribution in [2.75, 3.05) is 6.61 Å². The fourth-order valence-electron chi connectivity index (χ4n) is 4.32. The molecule has 0 fully saturated rings. The summed E-state index contributed by atoms with van der Waals surface area (Å²) >= 11 is 0. The lowest BCUT2D eigenvalue weighted by atomic mass is 10.0. The molecular weight excluding hydrogens is 422 g/mol. The van der Waals surface area contributed by atoms with Crippen LogP contribution in [0.5, 0.6) is 5.75 Å². The summed E-state index contributed by atoms with van der Waals surface area (Å²) in [6.07, 6.45) is 0. The highest BCUT2D eigenvalue weighted by molar-refractivity contribution is 5.95. The first-order chi connectivity index (χ1) is 16.3. The summed E-state index contributed by atoms with van der Waals surface area (Å²) in [5, 5.41) is 3.05. The Kier molecular flexibility index (Phi) is 7.01. The monoisotopic (exact) mass is 455 g/mol. The molecule has 0 bridgehead atoms. The highest BCUT2D eigenvalue weighted by atomic mass is 16.5. The third kappa shape index (κ3) is 5.14. The van der Waals surface area contributed by atoms with Crippen LogP contribution in [0.1, 0.15) is 58.2 Å². The molecule has 0 saturated carbocycles. The second-order valence-corrected chi connectivity index (χ2v) is 9.21. The predicted octanol–water partition coefficient (Wildman–Crippen LogP) is 6.09. The first-order valence-corrected chi connectivity index (χ1v) is 11.9. The quantitative estimate of drug-likeness (QED) is 0.350. The number of benzene rings is 3. The summed E-state index contributed by atoms with van der Waals surface area (Å²) in [6, 6.07) is 20.3. The average Bonchev–Trinajstić information content (AvgIpc) is 3.15. The van der Waals surface area contributed by atoms with Crippen molar-refractivity contribution in [2.45, 2.75) is 53.6 Å². The van der Waals surface area contributed by atoms with Gasteiger partial charge in [0.1, 0.15) is 18.2 Å². The first kappa shape index (κ1) is 23.6. The molecule has 1 N–H and O–H groups in total. The van der Waals surface area contributed by atoms with Gasteiger partial charge in [0.15, 0.2) is 0 Å². The van der Waals surface area contributed by atoms with Crippen molar-refractivity contribution in [3.05, 3.63) is 94.3 Å². The number of ether oxygens (including phenoxy) is 1. The minimum Gasteiger partial charge on any atom is -0.491 e. The summed E-state index contributed by atoms with van der Waals surface area (Å²) in [5.74, 6) is 2.05. The van der Waals surface area contributed by atoms with Gasteiger partial charge in [0.25, 0.3) is 5.91 Å². The molecule has 0 radical (unpaired) electrons. The Bertz CT molecular complexity index is 1320. The maximum atomic E-state index is 12.8. The number of hydrogen-bond donors (Lipinski definition) is 1. The normalized spacial score (nSPS) is 11.2. The van der Waals surface area contributed by atoms with Gasteiger partial charge in [-0.2, -0.15) is 0 Å². The topological polar surface area (TPSA) is 56.2 Å². The second-order valence-electron chi connectivity index (χ2n) is 9.21. The van der Waals surface area contributed by atoms with E-state index in [-0.39, 0.29) is 5.91 Å². The van der Waals surface area contributed by atoms with E-state index < -0.39 is 0 Å². The van der Waals surface area contributed by atoms with E-state index in [2.05, 4.69) is 54.9 Å². The second kappa shape index (κ2) is 10.1. The molecule has 0 aliphatic heterocycles.